The first kappa shape index (κ1) is 19.6. The van der Waals surface area contributed by atoms with Crippen molar-refractivity contribution in [2.45, 2.75) is 64.4 Å². The molecule has 0 spiro atoms. The molecule has 0 N–H and O–H groups in total. The lowest BCUT2D eigenvalue weighted by molar-refractivity contribution is -0.165. The zero-order valence-electron chi connectivity index (χ0n) is 16.0. The molecule has 0 bridgehead atoms. The molecule has 2 aliphatic rings. The molecule has 0 aromatic heterocycles. The Hall–Kier alpha value is -1.15. The third-order valence-corrected chi connectivity index (χ3v) is 5.27. The summed E-state index contributed by atoms with van der Waals surface area (Å²) < 4.78 is 43.0. The van der Waals surface area contributed by atoms with Gasteiger partial charge in [0.2, 0.25) is 0 Å². The van der Waals surface area contributed by atoms with Crippen molar-refractivity contribution in [2.75, 3.05) is 19.8 Å². The second kappa shape index (κ2) is 7.84. The van der Waals surface area contributed by atoms with Crippen LogP contribution < -0.4 is 10.2 Å². The molecule has 1 aromatic rings. The standard InChI is InChI=1S/C19H28BFO5/c1-18(2)19(3,4)26-20(25-18)15-9-8-14(13-16(15)21)22-11-12-24-17-7-5-6-10-23-17/h8-9,13,17H,5-7,10-12H2,1-4H3. The molecular weight excluding hydrogens is 338 g/mol. The Morgan fingerprint density at radius 3 is 2.46 bits per heavy atom. The van der Waals surface area contributed by atoms with Gasteiger partial charge in [0, 0.05) is 18.1 Å². The Bertz CT molecular complexity index is 600. The highest BCUT2D eigenvalue weighted by molar-refractivity contribution is 6.62. The summed E-state index contributed by atoms with van der Waals surface area (Å²) in [4.78, 5) is 0. The maximum absolute atomic E-state index is 14.5. The molecule has 2 heterocycles. The van der Waals surface area contributed by atoms with Gasteiger partial charge < -0.3 is 23.5 Å². The number of rotatable bonds is 6. The second-order valence-electron chi connectivity index (χ2n) is 7.79. The predicted octanol–water partition coefficient (Wildman–Crippen LogP) is 3.05. The van der Waals surface area contributed by atoms with Crippen molar-refractivity contribution in [3.05, 3.63) is 24.0 Å². The Balaban J connectivity index is 1.51. The molecule has 0 amide bonds. The van der Waals surface area contributed by atoms with Crippen molar-refractivity contribution in [2.24, 2.45) is 0 Å². The number of halogens is 1. The van der Waals surface area contributed by atoms with Crippen molar-refractivity contribution < 1.29 is 27.9 Å². The molecule has 144 valence electrons. The van der Waals surface area contributed by atoms with E-state index in [1.807, 2.05) is 27.7 Å². The first-order chi connectivity index (χ1) is 12.3. The number of ether oxygens (including phenoxy) is 3. The maximum atomic E-state index is 14.5. The van der Waals surface area contributed by atoms with Crippen LogP contribution in [-0.2, 0) is 18.8 Å². The predicted molar refractivity (Wildman–Crippen MR) is 97.2 cm³/mol. The Labute approximate surface area is 155 Å². The van der Waals surface area contributed by atoms with Crippen LogP contribution >= 0.6 is 0 Å². The Morgan fingerprint density at radius 2 is 1.85 bits per heavy atom. The third-order valence-electron chi connectivity index (χ3n) is 5.27. The largest absolute Gasteiger partial charge is 0.497 e. The fraction of sp³-hybridized carbons (Fsp3) is 0.684. The Morgan fingerprint density at radius 1 is 1.12 bits per heavy atom. The van der Waals surface area contributed by atoms with Crippen LogP contribution in [0.25, 0.3) is 0 Å². The van der Waals surface area contributed by atoms with Gasteiger partial charge in [-0.2, -0.15) is 0 Å². The van der Waals surface area contributed by atoms with Crippen LogP contribution in [0.5, 0.6) is 5.75 Å². The van der Waals surface area contributed by atoms with E-state index in [2.05, 4.69) is 0 Å². The van der Waals surface area contributed by atoms with E-state index in [-0.39, 0.29) is 6.29 Å². The van der Waals surface area contributed by atoms with Crippen molar-refractivity contribution >= 4 is 12.6 Å². The minimum atomic E-state index is -0.721. The fourth-order valence-electron chi connectivity index (χ4n) is 2.94. The van der Waals surface area contributed by atoms with Gasteiger partial charge in [-0.15, -0.1) is 0 Å². The third kappa shape index (κ3) is 4.39. The highest BCUT2D eigenvalue weighted by atomic mass is 19.1. The van der Waals surface area contributed by atoms with E-state index in [4.69, 9.17) is 23.5 Å². The molecule has 26 heavy (non-hydrogen) atoms. The summed E-state index contributed by atoms with van der Waals surface area (Å²) in [5.41, 5.74) is -0.627. The van der Waals surface area contributed by atoms with E-state index in [0.717, 1.165) is 25.9 Å². The van der Waals surface area contributed by atoms with Crippen LogP contribution in [0.3, 0.4) is 0 Å². The summed E-state index contributed by atoms with van der Waals surface area (Å²) >= 11 is 0. The van der Waals surface area contributed by atoms with E-state index >= 15 is 0 Å². The lowest BCUT2D eigenvalue weighted by Gasteiger charge is -2.32. The quantitative estimate of drug-likeness (QED) is 0.572. The molecule has 2 aliphatic heterocycles. The second-order valence-corrected chi connectivity index (χ2v) is 7.79. The highest BCUT2D eigenvalue weighted by Gasteiger charge is 2.52. The summed E-state index contributed by atoms with van der Waals surface area (Å²) in [5.74, 6) is 0.0495. The van der Waals surface area contributed by atoms with E-state index in [9.17, 15) is 4.39 Å². The molecule has 7 heteroatoms. The molecule has 1 aromatic carbocycles. The fourth-order valence-corrected chi connectivity index (χ4v) is 2.94. The van der Waals surface area contributed by atoms with Crippen molar-refractivity contribution in [3.63, 3.8) is 0 Å². The van der Waals surface area contributed by atoms with Gasteiger partial charge in [0.1, 0.15) is 18.2 Å². The van der Waals surface area contributed by atoms with Gasteiger partial charge in [-0.05, 0) is 53.0 Å². The van der Waals surface area contributed by atoms with Gasteiger partial charge in [0.15, 0.2) is 6.29 Å². The van der Waals surface area contributed by atoms with Gasteiger partial charge in [-0.25, -0.2) is 4.39 Å². The van der Waals surface area contributed by atoms with E-state index in [1.165, 1.54) is 6.07 Å². The van der Waals surface area contributed by atoms with Crippen LogP contribution in [0.4, 0.5) is 4.39 Å². The van der Waals surface area contributed by atoms with Crippen LogP contribution in [0.15, 0.2) is 18.2 Å². The summed E-state index contributed by atoms with van der Waals surface area (Å²) in [5, 5.41) is 0. The summed E-state index contributed by atoms with van der Waals surface area (Å²) in [6.45, 7) is 9.27. The number of benzene rings is 1. The average Bonchev–Trinajstić information content (AvgIpc) is 2.80. The minimum absolute atomic E-state index is 0.144. The SMILES string of the molecule is CC1(C)OB(c2ccc(OCCOC3CCCCO3)cc2F)OC1(C)C. The maximum Gasteiger partial charge on any atom is 0.497 e. The van der Waals surface area contributed by atoms with Crippen molar-refractivity contribution in [1.82, 2.24) is 0 Å². The van der Waals surface area contributed by atoms with Gasteiger partial charge in [0.05, 0.1) is 17.8 Å². The van der Waals surface area contributed by atoms with E-state index in [0.29, 0.717) is 24.4 Å². The Kier molecular flexibility index (Phi) is 5.92. The first-order valence-electron chi connectivity index (χ1n) is 9.30. The van der Waals surface area contributed by atoms with E-state index in [1.54, 1.807) is 12.1 Å². The molecule has 0 radical (unpaired) electrons. The zero-order valence-corrected chi connectivity index (χ0v) is 16.0. The summed E-state index contributed by atoms with van der Waals surface area (Å²) in [6.07, 6.45) is 2.98. The smallest absolute Gasteiger partial charge is 0.491 e. The van der Waals surface area contributed by atoms with Crippen LogP contribution in [0.2, 0.25) is 0 Å². The number of hydrogen-bond acceptors (Lipinski definition) is 5. The number of hydrogen-bond donors (Lipinski definition) is 0. The lowest BCUT2D eigenvalue weighted by atomic mass is 9.78. The minimum Gasteiger partial charge on any atom is -0.491 e. The monoisotopic (exact) mass is 366 g/mol. The van der Waals surface area contributed by atoms with E-state index < -0.39 is 24.1 Å². The summed E-state index contributed by atoms with van der Waals surface area (Å²) in [6, 6.07) is 4.73. The van der Waals surface area contributed by atoms with Crippen LogP contribution in [0, 0.1) is 5.82 Å². The molecule has 0 aliphatic carbocycles. The zero-order chi connectivity index (χ0) is 18.8. The van der Waals surface area contributed by atoms with Crippen molar-refractivity contribution in [3.8, 4) is 5.75 Å². The molecule has 1 unspecified atom stereocenters. The molecule has 1 atom stereocenters. The topological polar surface area (TPSA) is 46.2 Å². The molecular formula is C19H28BFO5. The average molecular weight is 366 g/mol. The van der Waals surface area contributed by atoms with Gasteiger partial charge in [0.25, 0.3) is 0 Å². The molecule has 0 saturated carbocycles. The normalized spacial score (nSPS) is 24.7. The molecule has 2 fully saturated rings. The van der Waals surface area contributed by atoms with Crippen LogP contribution in [-0.4, -0.2) is 44.4 Å². The first-order valence-corrected chi connectivity index (χ1v) is 9.30. The van der Waals surface area contributed by atoms with Gasteiger partial charge in [-0.1, -0.05) is 6.07 Å². The van der Waals surface area contributed by atoms with Crippen LogP contribution in [0.1, 0.15) is 47.0 Å². The van der Waals surface area contributed by atoms with Gasteiger partial charge in [-0.3, -0.25) is 0 Å². The van der Waals surface area contributed by atoms with Crippen molar-refractivity contribution in [1.29, 1.82) is 0 Å². The summed E-state index contributed by atoms with van der Waals surface area (Å²) in [7, 11) is -0.721. The molecule has 2 saturated heterocycles. The molecule has 3 rings (SSSR count). The molecule has 5 nitrogen and oxygen atoms in total. The highest BCUT2D eigenvalue weighted by Crippen LogP contribution is 2.36. The van der Waals surface area contributed by atoms with Gasteiger partial charge >= 0.3 is 7.12 Å². The lowest BCUT2D eigenvalue weighted by Crippen LogP contribution is -2.41.